The van der Waals surface area contributed by atoms with E-state index in [1.807, 2.05) is 0 Å². The SMILES string of the molecule is COc1ccc(I)c(F)c1O. The summed E-state index contributed by atoms with van der Waals surface area (Å²) >= 11 is 1.79. The summed E-state index contributed by atoms with van der Waals surface area (Å²) in [6.07, 6.45) is 0. The first-order valence-corrected chi connectivity index (χ1v) is 3.95. The van der Waals surface area contributed by atoms with Crippen molar-refractivity contribution in [1.82, 2.24) is 0 Å². The Bertz CT molecular complexity index is 275. The van der Waals surface area contributed by atoms with E-state index in [-0.39, 0.29) is 5.75 Å². The zero-order valence-electron chi connectivity index (χ0n) is 5.77. The Morgan fingerprint density at radius 2 is 2.18 bits per heavy atom. The predicted molar refractivity (Wildman–Crippen MR) is 47.3 cm³/mol. The number of ether oxygens (including phenoxy) is 1. The van der Waals surface area contributed by atoms with Gasteiger partial charge in [-0.05, 0) is 34.7 Å². The molecule has 2 nitrogen and oxygen atoms in total. The minimum atomic E-state index is -0.634. The van der Waals surface area contributed by atoms with Crippen molar-refractivity contribution in [2.45, 2.75) is 0 Å². The average molecular weight is 268 g/mol. The molecule has 0 heterocycles. The van der Waals surface area contributed by atoms with E-state index in [0.717, 1.165) is 0 Å². The topological polar surface area (TPSA) is 29.5 Å². The van der Waals surface area contributed by atoms with Crippen molar-refractivity contribution in [3.63, 3.8) is 0 Å². The van der Waals surface area contributed by atoms with E-state index in [9.17, 15) is 4.39 Å². The van der Waals surface area contributed by atoms with Crippen molar-refractivity contribution in [1.29, 1.82) is 0 Å². The van der Waals surface area contributed by atoms with E-state index in [2.05, 4.69) is 4.74 Å². The zero-order valence-corrected chi connectivity index (χ0v) is 7.92. The molecule has 0 amide bonds. The molecule has 0 spiro atoms. The smallest absolute Gasteiger partial charge is 0.195 e. The van der Waals surface area contributed by atoms with Crippen LogP contribution in [-0.4, -0.2) is 12.2 Å². The Morgan fingerprint density at radius 1 is 1.55 bits per heavy atom. The molecular formula is C7H6FIO2. The van der Waals surface area contributed by atoms with Gasteiger partial charge in [0, 0.05) is 0 Å². The Kier molecular flexibility index (Phi) is 2.53. The minimum Gasteiger partial charge on any atom is -0.502 e. The van der Waals surface area contributed by atoms with E-state index < -0.39 is 11.6 Å². The summed E-state index contributed by atoms with van der Waals surface area (Å²) in [5.41, 5.74) is 0. The molecule has 0 bridgehead atoms. The summed E-state index contributed by atoms with van der Waals surface area (Å²) < 4.78 is 17.9. The first-order chi connectivity index (χ1) is 5.16. The van der Waals surface area contributed by atoms with Gasteiger partial charge in [-0.15, -0.1) is 0 Å². The molecule has 0 fully saturated rings. The number of aromatic hydroxyl groups is 1. The summed E-state index contributed by atoms with van der Waals surface area (Å²) in [7, 11) is 1.38. The molecule has 1 aromatic rings. The van der Waals surface area contributed by atoms with Crippen molar-refractivity contribution in [3.05, 3.63) is 21.5 Å². The lowest BCUT2D eigenvalue weighted by Gasteiger charge is -2.03. The second kappa shape index (κ2) is 3.25. The third-order valence-electron chi connectivity index (χ3n) is 1.25. The molecule has 0 aliphatic carbocycles. The van der Waals surface area contributed by atoms with Crippen LogP contribution in [0, 0.1) is 9.39 Å². The van der Waals surface area contributed by atoms with Gasteiger partial charge < -0.3 is 9.84 Å². The molecule has 4 heteroatoms. The molecule has 1 aromatic carbocycles. The number of halogens is 2. The van der Waals surface area contributed by atoms with Gasteiger partial charge in [-0.2, -0.15) is 0 Å². The van der Waals surface area contributed by atoms with Gasteiger partial charge in [0.2, 0.25) is 0 Å². The van der Waals surface area contributed by atoms with Crippen LogP contribution >= 0.6 is 22.6 Å². The van der Waals surface area contributed by atoms with Crippen molar-refractivity contribution < 1.29 is 14.2 Å². The fourth-order valence-corrected chi connectivity index (χ4v) is 1.12. The van der Waals surface area contributed by atoms with Crippen molar-refractivity contribution in [2.75, 3.05) is 7.11 Å². The van der Waals surface area contributed by atoms with E-state index in [1.165, 1.54) is 19.2 Å². The standard InChI is InChI=1S/C7H6FIO2/c1-11-5-3-2-4(9)6(8)7(5)10/h2-3,10H,1H3. The highest BCUT2D eigenvalue weighted by molar-refractivity contribution is 14.1. The third kappa shape index (κ3) is 1.55. The minimum absolute atomic E-state index is 0.155. The molecule has 1 rings (SSSR count). The highest BCUT2D eigenvalue weighted by Gasteiger charge is 2.09. The van der Waals surface area contributed by atoms with Crippen LogP contribution in [0.15, 0.2) is 12.1 Å². The second-order valence-corrected chi connectivity index (χ2v) is 3.07. The molecule has 0 radical (unpaired) electrons. The summed E-state index contributed by atoms with van der Waals surface area (Å²) in [5.74, 6) is -0.910. The number of hydrogen-bond donors (Lipinski definition) is 1. The molecule has 0 saturated carbocycles. The summed E-state index contributed by atoms with van der Waals surface area (Å²) in [4.78, 5) is 0. The first kappa shape index (κ1) is 8.58. The van der Waals surface area contributed by atoms with Gasteiger partial charge in [-0.25, -0.2) is 4.39 Å². The lowest BCUT2D eigenvalue weighted by molar-refractivity contribution is 0.356. The first-order valence-electron chi connectivity index (χ1n) is 2.87. The highest BCUT2D eigenvalue weighted by Crippen LogP contribution is 2.30. The van der Waals surface area contributed by atoms with Crippen LogP contribution in [0.1, 0.15) is 0 Å². The summed E-state index contributed by atoms with van der Waals surface area (Å²) in [5, 5.41) is 9.07. The van der Waals surface area contributed by atoms with Gasteiger partial charge in [0.15, 0.2) is 17.3 Å². The van der Waals surface area contributed by atoms with Crippen molar-refractivity contribution in [2.24, 2.45) is 0 Å². The highest BCUT2D eigenvalue weighted by atomic mass is 127. The predicted octanol–water partition coefficient (Wildman–Crippen LogP) is 2.14. The monoisotopic (exact) mass is 268 g/mol. The summed E-state index contributed by atoms with van der Waals surface area (Å²) in [6, 6.07) is 3.05. The van der Waals surface area contributed by atoms with Crippen LogP contribution in [0.3, 0.4) is 0 Å². The normalized spacial score (nSPS) is 9.73. The molecule has 0 saturated heterocycles. The van der Waals surface area contributed by atoms with Crippen LogP contribution in [0.4, 0.5) is 4.39 Å². The van der Waals surface area contributed by atoms with Crippen LogP contribution in [0.5, 0.6) is 11.5 Å². The largest absolute Gasteiger partial charge is 0.502 e. The van der Waals surface area contributed by atoms with Crippen molar-refractivity contribution in [3.8, 4) is 11.5 Å². The number of benzene rings is 1. The molecule has 60 valence electrons. The Hall–Kier alpha value is -0.520. The van der Waals surface area contributed by atoms with Crippen LogP contribution < -0.4 is 4.74 Å². The van der Waals surface area contributed by atoms with Gasteiger partial charge >= 0.3 is 0 Å². The second-order valence-electron chi connectivity index (χ2n) is 1.91. The zero-order chi connectivity index (χ0) is 8.43. The molecule has 0 aliphatic heterocycles. The van der Waals surface area contributed by atoms with Crippen molar-refractivity contribution >= 4 is 22.6 Å². The third-order valence-corrected chi connectivity index (χ3v) is 2.09. The maximum atomic E-state index is 12.8. The van der Waals surface area contributed by atoms with E-state index >= 15 is 0 Å². The Labute approximate surface area is 77.1 Å². The Morgan fingerprint density at radius 3 is 2.73 bits per heavy atom. The van der Waals surface area contributed by atoms with E-state index in [1.54, 1.807) is 22.6 Å². The molecule has 0 aromatic heterocycles. The van der Waals surface area contributed by atoms with E-state index in [4.69, 9.17) is 5.11 Å². The van der Waals surface area contributed by atoms with Crippen LogP contribution in [-0.2, 0) is 0 Å². The van der Waals surface area contributed by atoms with Crippen LogP contribution in [0.25, 0.3) is 0 Å². The molecule has 0 atom stereocenters. The summed E-state index contributed by atoms with van der Waals surface area (Å²) in [6.45, 7) is 0. The number of phenols is 1. The van der Waals surface area contributed by atoms with E-state index in [0.29, 0.717) is 3.57 Å². The number of methoxy groups -OCH3 is 1. The number of hydrogen-bond acceptors (Lipinski definition) is 2. The van der Waals surface area contributed by atoms with Gasteiger partial charge in [-0.3, -0.25) is 0 Å². The molecule has 1 N–H and O–H groups in total. The molecule has 11 heavy (non-hydrogen) atoms. The van der Waals surface area contributed by atoms with Gasteiger partial charge in [-0.1, -0.05) is 0 Å². The fraction of sp³-hybridized carbons (Fsp3) is 0.143. The molecule has 0 unspecified atom stereocenters. The van der Waals surface area contributed by atoms with Gasteiger partial charge in [0.05, 0.1) is 10.7 Å². The van der Waals surface area contributed by atoms with Gasteiger partial charge in [0.1, 0.15) is 0 Å². The number of phenolic OH excluding ortho intramolecular Hbond substituents is 1. The molecule has 0 aliphatic rings. The van der Waals surface area contributed by atoms with Gasteiger partial charge in [0.25, 0.3) is 0 Å². The molecular weight excluding hydrogens is 262 g/mol. The van der Waals surface area contributed by atoms with Crippen LogP contribution in [0.2, 0.25) is 0 Å². The average Bonchev–Trinajstić information content (AvgIpc) is 2.01. The maximum absolute atomic E-state index is 12.8. The lowest BCUT2D eigenvalue weighted by Crippen LogP contribution is -1.88. The lowest BCUT2D eigenvalue weighted by atomic mass is 10.3. The quantitative estimate of drug-likeness (QED) is 0.791. The maximum Gasteiger partial charge on any atom is 0.195 e. The Balaban J connectivity index is 3.25. The number of rotatable bonds is 1. The fourth-order valence-electron chi connectivity index (χ4n) is 0.687.